The Hall–Kier alpha value is -3.20. The van der Waals surface area contributed by atoms with Gasteiger partial charge in [0, 0.05) is 32.2 Å². The van der Waals surface area contributed by atoms with Crippen molar-refractivity contribution in [2.24, 2.45) is 0 Å². The van der Waals surface area contributed by atoms with Gasteiger partial charge >= 0.3 is 6.03 Å². The average Bonchev–Trinajstić information content (AvgIpc) is 3.10. The number of nitrogens with zero attached hydrogens (tertiary/aromatic N) is 4. The van der Waals surface area contributed by atoms with Crippen LogP contribution in [0.2, 0.25) is 0 Å². The zero-order valence-electron chi connectivity index (χ0n) is 14.4. The minimum absolute atomic E-state index is 0.0878. The normalized spacial score (nSPS) is 14.4. The fraction of sp³-hybridized carbons (Fsp3) is 0.222. The predicted molar refractivity (Wildman–Crippen MR) is 106 cm³/mol. The molecule has 8 nitrogen and oxygen atoms in total. The number of anilines is 2. The molecule has 3 aromatic rings. The van der Waals surface area contributed by atoms with Crippen LogP contribution in [0, 0.1) is 10.1 Å². The molecule has 0 saturated carbocycles. The lowest BCUT2D eigenvalue weighted by Gasteiger charge is -2.35. The van der Waals surface area contributed by atoms with Crippen LogP contribution in [0.5, 0.6) is 0 Å². The van der Waals surface area contributed by atoms with Gasteiger partial charge in [-0.2, -0.15) is 0 Å². The van der Waals surface area contributed by atoms with Crippen molar-refractivity contribution in [3.8, 4) is 0 Å². The van der Waals surface area contributed by atoms with Crippen LogP contribution >= 0.6 is 11.3 Å². The molecule has 138 valence electrons. The quantitative estimate of drug-likeness (QED) is 0.551. The fourth-order valence-electron chi connectivity index (χ4n) is 3.13. The van der Waals surface area contributed by atoms with Crippen LogP contribution in [0.25, 0.3) is 10.2 Å². The van der Waals surface area contributed by atoms with Gasteiger partial charge in [-0.3, -0.25) is 15.4 Å². The van der Waals surface area contributed by atoms with E-state index in [2.05, 4.69) is 10.3 Å². The molecule has 1 saturated heterocycles. The lowest BCUT2D eigenvalue weighted by Crippen LogP contribution is -2.50. The second-order valence-electron chi connectivity index (χ2n) is 6.14. The Morgan fingerprint density at radius 1 is 1.07 bits per heavy atom. The van der Waals surface area contributed by atoms with Crippen molar-refractivity contribution >= 4 is 44.1 Å². The second-order valence-corrected chi connectivity index (χ2v) is 7.17. The third-order valence-corrected chi connectivity index (χ3v) is 5.45. The molecule has 2 amide bonds. The van der Waals surface area contributed by atoms with Crippen LogP contribution in [0.3, 0.4) is 0 Å². The second kappa shape index (κ2) is 7.20. The van der Waals surface area contributed by atoms with E-state index in [4.69, 9.17) is 0 Å². The first-order chi connectivity index (χ1) is 13.1. The number of rotatable bonds is 3. The maximum Gasteiger partial charge on any atom is 0.323 e. The van der Waals surface area contributed by atoms with Crippen molar-refractivity contribution in [2.75, 3.05) is 36.4 Å². The largest absolute Gasteiger partial charge is 0.362 e. The average molecular weight is 383 g/mol. The number of hydrogen-bond acceptors (Lipinski definition) is 6. The Kier molecular flexibility index (Phi) is 4.59. The number of hydrogen-bond donors (Lipinski definition) is 1. The summed E-state index contributed by atoms with van der Waals surface area (Å²) in [5.74, 6) is 0. The molecule has 0 radical (unpaired) electrons. The lowest BCUT2D eigenvalue weighted by molar-refractivity contribution is -0.384. The third kappa shape index (κ3) is 3.54. The molecule has 0 spiro atoms. The third-order valence-electron chi connectivity index (χ3n) is 4.49. The fourth-order valence-corrected chi connectivity index (χ4v) is 3.99. The van der Waals surface area contributed by atoms with Gasteiger partial charge in [-0.1, -0.05) is 35.6 Å². The van der Waals surface area contributed by atoms with E-state index in [9.17, 15) is 14.9 Å². The molecule has 27 heavy (non-hydrogen) atoms. The number of para-hydroxylation sites is 3. The molecule has 1 N–H and O–H groups in total. The summed E-state index contributed by atoms with van der Waals surface area (Å²) in [7, 11) is 0. The Morgan fingerprint density at radius 3 is 2.52 bits per heavy atom. The Bertz CT molecular complexity index is 964. The summed E-state index contributed by atoms with van der Waals surface area (Å²) in [6, 6.07) is 14.2. The highest BCUT2D eigenvalue weighted by molar-refractivity contribution is 7.22. The molecule has 1 aliphatic rings. The number of nitrogens with one attached hydrogen (secondary N) is 1. The standard InChI is InChI=1S/C18H17N5O3S/c24-18(20-17-19-13-5-1-4-8-16(13)27-17)22-11-9-21(10-12-22)14-6-2-3-7-15(14)23(25)26/h1-8H,9-12H2,(H,19,20,24). The molecule has 0 unspecified atom stereocenters. The van der Waals surface area contributed by atoms with Crippen molar-refractivity contribution in [3.63, 3.8) is 0 Å². The number of fused-ring (bicyclic) bond motifs is 1. The van der Waals surface area contributed by atoms with Crippen molar-refractivity contribution in [3.05, 3.63) is 58.6 Å². The van der Waals surface area contributed by atoms with Crippen molar-refractivity contribution in [1.29, 1.82) is 0 Å². The maximum absolute atomic E-state index is 12.5. The highest BCUT2D eigenvalue weighted by Crippen LogP contribution is 2.29. The molecular formula is C18H17N5O3S. The van der Waals surface area contributed by atoms with Crippen LogP contribution in [-0.4, -0.2) is 47.0 Å². The number of urea groups is 1. The first-order valence-corrected chi connectivity index (χ1v) is 9.33. The van der Waals surface area contributed by atoms with E-state index in [1.54, 1.807) is 23.1 Å². The number of nitro groups is 1. The number of aromatic nitrogens is 1. The highest BCUT2D eigenvalue weighted by Gasteiger charge is 2.25. The Labute approximate surface area is 159 Å². The van der Waals surface area contributed by atoms with E-state index in [0.717, 1.165) is 10.2 Å². The van der Waals surface area contributed by atoms with Gasteiger partial charge in [0.2, 0.25) is 0 Å². The summed E-state index contributed by atoms with van der Waals surface area (Å²) in [6.07, 6.45) is 0. The topological polar surface area (TPSA) is 91.6 Å². The van der Waals surface area contributed by atoms with Crippen molar-refractivity contribution < 1.29 is 9.72 Å². The van der Waals surface area contributed by atoms with E-state index in [1.807, 2.05) is 29.2 Å². The summed E-state index contributed by atoms with van der Waals surface area (Å²) in [4.78, 5) is 31.4. The summed E-state index contributed by atoms with van der Waals surface area (Å²) in [6.45, 7) is 2.06. The molecule has 4 rings (SSSR count). The summed E-state index contributed by atoms with van der Waals surface area (Å²) < 4.78 is 1.02. The van der Waals surface area contributed by atoms with Gasteiger partial charge in [0.25, 0.3) is 5.69 Å². The van der Waals surface area contributed by atoms with Crippen LogP contribution < -0.4 is 10.2 Å². The van der Waals surface area contributed by atoms with Gasteiger partial charge in [0.15, 0.2) is 5.13 Å². The van der Waals surface area contributed by atoms with Gasteiger partial charge in [0.1, 0.15) is 5.69 Å². The maximum atomic E-state index is 12.5. The van der Waals surface area contributed by atoms with Crippen LogP contribution in [0.15, 0.2) is 48.5 Å². The van der Waals surface area contributed by atoms with Gasteiger partial charge in [-0.25, -0.2) is 9.78 Å². The first-order valence-electron chi connectivity index (χ1n) is 8.52. The van der Waals surface area contributed by atoms with Crippen LogP contribution in [0.4, 0.5) is 21.3 Å². The first kappa shape index (κ1) is 17.2. The van der Waals surface area contributed by atoms with E-state index in [0.29, 0.717) is 37.0 Å². The minimum atomic E-state index is -0.373. The van der Waals surface area contributed by atoms with Crippen molar-refractivity contribution in [1.82, 2.24) is 9.88 Å². The molecule has 1 aromatic heterocycles. The van der Waals surface area contributed by atoms with E-state index in [-0.39, 0.29) is 16.6 Å². The predicted octanol–water partition coefficient (Wildman–Crippen LogP) is 3.56. The molecule has 0 bridgehead atoms. The highest BCUT2D eigenvalue weighted by atomic mass is 32.1. The lowest BCUT2D eigenvalue weighted by atomic mass is 10.2. The zero-order chi connectivity index (χ0) is 18.8. The number of benzene rings is 2. The van der Waals surface area contributed by atoms with Gasteiger partial charge < -0.3 is 9.80 Å². The summed E-state index contributed by atoms with van der Waals surface area (Å²) in [5, 5.41) is 14.6. The molecular weight excluding hydrogens is 366 g/mol. The molecule has 0 atom stereocenters. The zero-order valence-corrected chi connectivity index (χ0v) is 15.2. The number of thiazole rings is 1. The smallest absolute Gasteiger partial charge is 0.323 e. The summed E-state index contributed by atoms with van der Waals surface area (Å²) >= 11 is 1.44. The SMILES string of the molecule is O=C(Nc1nc2ccccc2s1)N1CCN(c2ccccc2[N+](=O)[O-])CC1. The van der Waals surface area contributed by atoms with Gasteiger partial charge in [-0.15, -0.1) is 0 Å². The van der Waals surface area contributed by atoms with E-state index < -0.39 is 0 Å². The number of carbonyl (C=O) groups is 1. The molecule has 2 heterocycles. The van der Waals surface area contributed by atoms with Crippen molar-refractivity contribution in [2.45, 2.75) is 0 Å². The number of piperazine rings is 1. The van der Waals surface area contributed by atoms with E-state index >= 15 is 0 Å². The number of carbonyl (C=O) groups excluding carboxylic acids is 1. The molecule has 0 aliphatic carbocycles. The Morgan fingerprint density at radius 2 is 1.78 bits per heavy atom. The number of nitro benzene ring substituents is 1. The van der Waals surface area contributed by atoms with E-state index in [1.165, 1.54) is 17.4 Å². The van der Waals surface area contributed by atoms with Crippen LogP contribution in [-0.2, 0) is 0 Å². The van der Waals surface area contributed by atoms with Gasteiger partial charge in [0.05, 0.1) is 15.1 Å². The monoisotopic (exact) mass is 383 g/mol. The molecule has 2 aromatic carbocycles. The molecule has 1 aliphatic heterocycles. The van der Waals surface area contributed by atoms with Gasteiger partial charge in [-0.05, 0) is 18.2 Å². The summed E-state index contributed by atoms with van der Waals surface area (Å²) in [5.41, 5.74) is 1.54. The number of amides is 2. The van der Waals surface area contributed by atoms with Crippen LogP contribution in [0.1, 0.15) is 0 Å². The minimum Gasteiger partial charge on any atom is -0.362 e. The Balaban J connectivity index is 1.40. The molecule has 1 fully saturated rings. The molecule has 9 heteroatoms.